The Kier molecular flexibility index (Phi) is 6.99. The lowest BCUT2D eigenvalue weighted by Gasteiger charge is -2.22. The fourth-order valence-electron chi connectivity index (χ4n) is 4.14. The fraction of sp³-hybridized carbons (Fsp3) is 0.417. The molecule has 1 saturated carbocycles. The van der Waals surface area contributed by atoms with Crippen molar-refractivity contribution in [3.8, 4) is 0 Å². The lowest BCUT2D eigenvalue weighted by molar-refractivity contribution is -0.122. The molecule has 0 saturated heterocycles. The van der Waals surface area contributed by atoms with Gasteiger partial charge in [-0.05, 0) is 37.1 Å². The average molecular weight is 437 g/mol. The van der Waals surface area contributed by atoms with Crippen molar-refractivity contribution in [2.75, 3.05) is 0 Å². The van der Waals surface area contributed by atoms with Crippen molar-refractivity contribution in [1.29, 1.82) is 0 Å². The summed E-state index contributed by atoms with van der Waals surface area (Å²) in [5.41, 5.74) is 1.15. The van der Waals surface area contributed by atoms with Crippen LogP contribution in [0.3, 0.4) is 0 Å². The molecular weight excluding hydrogens is 408 g/mol. The summed E-state index contributed by atoms with van der Waals surface area (Å²) in [6, 6.07) is 11.0. The molecule has 168 valence electrons. The second kappa shape index (κ2) is 10.3. The molecule has 0 aliphatic heterocycles. The Labute approximate surface area is 186 Å². The van der Waals surface area contributed by atoms with Gasteiger partial charge in [-0.2, -0.15) is 0 Å². The molecule has 2 amide bonds. The number of benzene rings is 1. The Morgan fingerprint density at radius 1 is 1.06 bits per heavy atom. The minimum absolute atomic E-state index is 0.0611. The Hall–Kier alpha value is -3.42. The van der Waals surface area contributed by atoms with E-state index in [1.54, 1.807) is 36.6 Å². The third-order valence-electron chi connectivity index (χ3n) is 5.82. The molecule has 1 fully saturated rings. The zero-order valence-electron chi connectivity index (χ0n) is 18.0. The van der Waals surface area contributed by atoms with Crippen LogP contribution < -0.4 is 16.2 Å². The maximum absolute atomic E-state index is 13.1. The SMILES string of the molecule is O=C(Cn1c(=O)c(CCC(=O)NC2CCCCC2)nc2ccccc21)NCc1ccco1. The van der Waals surface area contributed by atoms with E-state index in [-0.39, 0.29) is 49.3 Å². The maximum Gasteiger partial charge on any atom is 0.273 e. The second-order valence-corrected chi connectivity index (χ2v) is 8.20. The minimum atomic E-state index is -0.345. The summed E-state index contributed by atoms with van der Waals surface area (Å²) in [7, 11) is 0. The van der Waals surface area contributed by atoms with Gasteiger partial charge in [0.05, 0.1) is 23.8 Å². The fourth-order valence-corrected chi connectivity index (χ4v) is 4.14. The largest absolute Gasteiger partial charge is 0.467 e. The number of furan rings is 1. The molecule has 0 spiro atoms. The average Bonchev–Trinajstić information content (AvgIpc) is 3.33. The van der Waals surface area contributed by atoms with E-state index in [9.17, 15) is 14.4 Å². The van der Waals surface area contributed by atoms with Gasteiger partial charge in [-0.25, -0.2) is 4.98 Å². The van der Waals surface area contributed by atoms with Gasteiger partial charge in [-0.3, -0.25) is 19.0 Å². The van der Waals surface area contributed by atoms with Gasteiger partial charge in [0, 0.05) is 18.9 Å². The number of amides is 2. The highest BCUT2D eigenvalue weighted by molar-refractivity contribution is 5.80. The topological polar surface area (TPSA) is 106 Å². The summed E-state index contributed by atoms with van der Waals surface area (Å²) in [4.78, 5) is 42.5. The van der Waals surface area contributed by atoms with Crippen LogP contribution in [0.1, 0.15) is 50.0 Å². The van der Waals surface area contributed by atoms with Gasteiger partial charge in [0.1, 0.15) is 18.0 Å². The van der Waals surface area contributed by atoms with Crippen LogP contribution in [0.2, 0.25) is 0 Å². The van der Waals surface area contributed by atoms with Crippen molar-refractivity contribution in [3.05, 3.63) is 64.5 Å². The molecule has 32 heavy (non-hydrogen) atoms. The zero-order valence-corrected chi connectivity index (χ0v) is 18.0. The number of rotatable bonds is 8. The van der Waals surface area contributed by atoms with E-state index in [0.29, 0.717) is 22.5 Å². The monoisotopic (exact) mass is 436 g/mol. The molecule has 0 bridgehead atoms. The van der Waals surface area contributed by atoms with Gasteiger partial charge < -0.3 is 15.1 Å². The third kappa shape index (κ3) is 5.43. The molecule has 4 rings (SSSR count). The normalized spacial score (nSPS) is 14.4. The van der Waals surface area contributed by atoms with Crippen molar-refractivity contribution in [2.45, 2.75) is 64.1 Å². The zero-order chi connectivity index (χ0) is 22.3. The minimum Gasteiger partial charge on any atom is -0.467 e. The van der Waals surface area contributed by atoms with Crippen molar-refractivity contribution in [3.63, 3.8) is 0 Å². The van der Waals surface area contributed by atoms with E-state index in [0.717, 1.165) is 25.7 Å². The van der Waals surface area contributed by atoms with Crippen molar-refractivity contribution >= 4 is 22.8 Å². The smallest absolute Gasteiger partial charge is 0.273 e. The van der Waals surface area contributed by atoms with Crippen LogP contribution in [0, 0.1) is 0 Å². The number of para-hydroxylation sites is 2. The van der Waals surface area contributed by atoms with Gasteiger partial charge in [0.2, 0.25) is 11.8 Å². The number of hydrogen-bond acceptors (Lipinski definition) is 5. The number of carbonyl (C=O) groups excluding carboxylic acids is 2. The quantitative estimate of drug-likeness (QED) is 0.565. The van der Waals surface area contributed by atoms with Crippen LogP contribution >= 0.6 is 0 Å². The van der Waals surface area contributed by atoms with Gasteiger partial charge in [-0.1, -0.05) is 31.4 Å². The number of nitrogens with zero attached hydrogens (tertiary/aromatic N) is 2. The van der Waals surface area contributed by atoms with Crippen LogP contribution in [0.25, 0.3) is 11.0 Å². The van der Waals surface area contributed by atoms with Gasteiger partial charge >= 0.3 is 0 Å². The van der Waals surface area contributed by atoms with Crippen LogP contribution in [0.15, 0.2) is 51.9 Å². The van der Waals surface area contributed by atoms with Gasteiger partial charge in [0.25, 0.3) is 5.56 Å². The summed E-state index contributed by atoms with van der Waals surface area (Å²) < 4.78 is 6.65. The highest BCUT2D eigenvalue weighted by Gasteiger charge is 2.18. The molecule has 0 atom stereocenters. The Morgan fingerprint density at radius 2 is 1.88 bits per heavy atom. The molecule has 8 heteroatoms. The Morgan fingerprint density at radius 3 is 2.66 bits per heavy atom. The van der Waals surface area contributed by atoms with Crippen LogP contribution in [0.4, 0.5) is 0 Å². The standard InChI is InChI=1S/C24H28N4O4/c29-22(26-17-7-2-1-3-8-17)13-12-20-24(31)28(21-11-5-4-10-19(21)27-20)16-23(30)25-15-18-9-6-14-32-18/h4-6,9-11,14,17H,1-3,7-8,12-13,15-16H2,(H,25,30)(H,26,29). The van der Waals surface area contributed by atoms with E-state index >= 15 is 0 Å². The summed E-state index contributed by atoms with van der Waals surface area (Å²) in [5, 5.41) is 5.84. The number of fused-ring (bicyclic) bond motifs is 1. The molecule has 2 aromatic heterocycles. The second-order valence-electron chi connectivity index (χ2n) is 8.20. The van der Waals surface area contributed by atoms with Crippen LogP contribution in [-0.4, -0.2) is 27.4 Å². The lowest BCUT2D eigenvalue weighted by Crippen LogP contribution is -2.37. The molecule has 1 aliphatic rings. The first-order valence-electron chi connectivity index (χ1n) is 11.2. The highest BCUT2D eigenvalue weighted by atomic mass is 16.3. The Bertz CT molecular complexity index is 1130. The van der Waals surface area contributed by atoms with E-state index in [2.05, 4.69) is 15.6 Å². The lowest BCUT2D eigenvalue weighted by atomic mass is 9.95. The third-order valence-corrected chi connectivity index (χ3v) is 5.82. The molecule has 0 unspecified atom stereocenters. The number of aromatic nitrogens is 2. The van der Waals surface area contributed by atoms with Crippen LogP contribution in [-0.2, 0) is 29.1 Å². The van der Waals surface area contributed by atoms with E-state index < -0.39 is 0 Å². The maximum atomic E-state index is 13.1. The van der Waals surface area contributed by atoms with E-state index in [1.165, 1.54) is 11.0 Å². The predicted octanol–water partition coefficient (Wildman–Crippen LogP) is 2.69. The molecule has 2 heterocycles. The summed E-state index contributed by atoms with van der Waals surface area (Å²) in [5.74, 6) is 0.268. The molecule has 2 N–H and O–H groups in total. The van der Waals surface area contributed by atoms with Gasteiger partial charge in [0.15, 0.2) is 0 Å². The molecule has 1 aliphatic carbocycles. The number of hydrogen-bond donors (Lipinski definition) is 2. The van der Waals surface area contributed by atoms with Crippen LogP contribution in [0.5, 0.6) is 0 Å². The summed E-state index contributed by atoms with van der Waals surface area (Å²) >= 11 is 0. The highest BCUT2D eigenvalue weighted by Crippen LogP contribution is 2.17. The number of aryl methyl sites for hydroxylation is 1. The molecule has 0 radical (unpaired) electrons. The van der Waals surface area contributed by atoms with Crippen molar-refractivity contribution in [2.24, 2.45) is 0 Å². The number of nitrogens with one attached hydrogen (secondary N) is 2. The van der Waals surface area contributed by atoms with E-state index in [1.807, 2.05) is 6.07 Å². The molecule has 8 nitrogen and oxygen atoms in total. The van der Waals surface area contributed by atoms with E-state index in [4.69, 9.17) is 4.42 Å². The molecular formula is C24H28N4O4. The summed E-state index contributed by atoms with van der Waals surface area (Å²) in [6.07, 6.45) is 7.51. The summed E-state index contributed by atoms with van der Waals surface area (Å²) in [6.45, 7) is 0.113. The number of carbonyl (C=O) groups is 2. The first-order valence-corrected chi connectivity index (χ1v) is 11.2. The first kappa shape index (κ1) is 21.8. The van der Waals surface area contributed by atoms with Crippen molar-refractivity contribution in [1.82, 2.24) is 20.2 Å². The molecule has 1 aromatic carbocycles. The Balaban J connectivity index is 1.46. The van der Waals surface area contributed by atoms with Crippen molar-refractivity contribution < 1.29 is 14.0 Å². The first-order chi connectivity index (χ1) is 15.6. The predicted molar refractivity (Wildman–Crippen MR) is 120 cm³/mol. The van der Waals surface area contributed by atoms with Gasteiger partial charge in [-0.15, -0.1) is 0 Å². The molecule has 3 aromatic rings.